The van der Waals surface area contributed by atoms with Gasteiger partial charge in [0, 0.05) is 11.9 Å². The molecule has 1 N–H and O–H groups in total. The average molecular weight is 190 g/mol. The monoisotopic (exact) mass is 190 g/mol. The highest BCUT2D eigenvalue weighted by atomic mass is 16.4. The topological polar surface area (TPSA) is 54.6 Å². The van der Waals surface area contributed by atoms with E-state index in [1.165, 1.54) is 0 Å². The number of pyridine rings is 1. The fourth-order valence-electron chi connectivity index (χ4n) is 1.52. The van der Waals surface area contributed by atoms with E-state index in [0.717, 1.165) is 12.1 Å². The number of imidazole rings is 1. The zero-order valence-corrected chi connectivity index (χ0v) is 7.77. The van der Waals surface area contributed by atoms with E-state index in [1.54, 1.807) is 28.8 Å². The summed E-state index contributed by atoms with van der Waals surface area (Å²) in [7, 11) is 0. The molecule has 0 spiro atoms. The molecule has 0 atom stereocenters. The van der Waals surface area contributed by atoms with Crippen molar-refractivity contribution in [2.24, 2.45) is 0 Å². The minimum absolute atomic E-state index is 0.261. The number of aromatic nitrogens is 2. The third kappa shape index (κ3) is 1.16. The molecule has 0 aliphatic rings. The Morgan fingerprint density at radius 3 is 3.00 bits per heavy atom. The molecule has 0 bridgehead atoms. The normalized spacial score (nSPS) is 10.6. The van der Waals surface area contributed by atoms with Crippen molar-refractivity contribution >= 4 is 11.6 Å². The van der Waals surface area contributed by atoms with Gasteiger partial charge in [-0.05, 0) is 18.6 Å². The summed E-state index contributed by atoms with van der Waals surface area (Å²) in [6, 6.07) is 5.08. The standard InChI is InChI=1S/C10H10N2O2/c1-2-7-6-11-9-5-3-4-8(10(13)14)12(7)9/h3-6H,2H2,1H3,(H,13,14). The van der Waals surface area contributed by atoms with Crippen molar-refractivity contribution in [1.29, 1.82) is 0 Å². The molecule has 0 unspecified atom stereocenters. The fraction of sp³-hybridized carbons (Fsp3) is 0.200. The molecule has 2 rings (SSSR count). The van der Waals surface area contributed by atoms with Crippen LogP contribution < -0.4 is 0 Å². The molecule has 0 aromatic carbocycles. The van der Waals surface area contributed by atoms with Crippen LogP contribution in [0, 0.1) is 0 Å². The molecule has 4 nitrogen and oxygen atoms in total. The van der Waals surface area contributed by atoms with Crippen LogP contribution >= 0.6 is 0 Å². The van der Waals surface area contributed by atoms with Crippen LogP contribution in [0.15, 0.2) is 24.4 Å². The molecule has 2 heterocycles. The molecular formula is C10H10N2O2. The number of aryl methyl sites for hydroxylation is 1. The molecule has 14 heavy (non-hydrogen) atoms. The second-order valence-corrected chi connectivity index (χ2v) is 3.01. The highest BCUT2D eigenvalue weighted by Crippen LogP contribution is 2.11. The third-order valence-corrected chi connectivity index (χ3v) is 2.18. The fourth-order valence-corrected chi connectivity index (χ4v) is 1.52. The molecule has 0 saturated heterocycles. The van der Waals surface area contributed by atoms with Crippen LogP contribution in [-0.2, 0) is 6.42 Å². The Hall–Kier alpha value is -1.84. The lowest BCUT2D eigenvalue weighted by molar-refractivity contribution is 0.0688. The second kappa shape index (κ2) is 3.14. The molecule has 0 aliphatic carbocycles. The summed E-state index contributed by atoms with van der Waals surface area (Å²) in [5, 5.41) is 8.97. The molecular weight excluding hydrogens is 180 g/mol. The SMILES string of the molecule is CCc1cnc2cccc(C(=O)O)n12. The summed E-state index contributed by atoms with van der Waals surface area (Å²) in [6.45, 7) is 1.97. The van der Waals surface area contributed by atoms with Gasteiger partial charge in [0.2, 0.25) is 0 Å². The first-order valence-corrected chi connectivity index (χ1v) is 4.42. The molecule has 2 aromatic heterocycles. The van der Waals surface area contributed by atoms with Crippen molar-refractivity contribution in [3.8, 4) is 0 Å². The van der Waals surface area contributed by atoms with Gasteiger partial charge < -0.3 is 5.11 Å². The third-order valence-electron chi connectivity index (χ3n) is 2.18. The highest BCUT2D eigenvalue weighted by molar-refractivity contribution is 5.86. The van der Waals surface area contributed by atoms with E-state index < -0.39 is 5.97 Å². The van der Waals surface area contributed by atoms with E-state index >= 15 is 0 Å². The van der Waals surface area contributed by atoms with Crippen molar-refractivity contribution in [2.45, 2.75) is 13.3 Å². The van der Waals surface area contributed by atoms with Crippen LogP contribution in [0.5, 0.6) is 0 Å². The average Bonchev–Trinajstić information content (AvgIpc) is 2.59. The number of hydrogen-bond donors (Lipinski definition) is 1. The van der Waals surface area contributed by atoms with Crippen molar-refractivity contribution in [3.63, 3.8) is 0 Å². The lowest BCUT2D eigenvalue weighted by Gasteiger charge is -2.02. The molecule has 2 aromatic rings. The predicted molar refractivity (Wildman–Crippen MR) is 51.5 cm³/mol. The molecule has 0 radical (unpaired) electrons. The molecule has 0 fully saturated rings. The maximum Gasteiger partial charge on any atom is 0.352 e. The van der Waals surface area contributed by atoms with Gasteiger partial charge in [-0.25, -0.2) is 9.78 Å². The minimum Gasteiger partial charge on any atom is -0.477 e. The van der Waals surface area contributed by atoms with Gasteiger partial charge in [-0.1, -0.05) is 13.0 Å². The Bertz CT molecular complexity index is 488. The van der Waals surface area contributed by atoms with Crippen LogP contribution in [-0.4, -0.2) is 20.5 Å². The minimum atomic E-state index is -0.928. The van der Waals surface area contributed by atoms with Gasteiger partial charge in [-0.15, -0.1) is 0 Å². The van der Waals surface area contributed by atoms with Gasteiger partial charge in [0.25, 0.3) is 0 Å². The van der Waals surface area contributed by atoms with Crippen molar-refractivity contribution in [3.05, 3.63) is 35.8 Å². The van der Waals surface area contributed by atoms with Crippen molar-refractivity contribution in [1.82, 2.24) is 9.38 Å². The van der Waals surface area contributed by atoms with Crippen molar-refractivity contribution < 1.29 is 9.90 Å². The number of nitrogens with zero attached hydrogens (tertiary/aromatic N) is 2. The Morgan fingerprint density at radius 2 is 2.36 bits per heavy atom. The largest absolute Gasteiger partial charge is 0.477 e. The van der Waals surface area contributed by atoms with E-state index in [-0.39, 0.29) is 5.69 Å². The van der Waals surface area contributed by atoms with Gasteiger partial charge in [-0.2, -0.15) is 0 Å². The summed E-state index contributed by atoms with van der Waals surface area (Å²) in [5.41, 5.74) is 1.86. The molecule has 0 saturated carbocycles. The first-order chi connectivity index (χ1) is 6.74. The molecule has 0 amide bonds. The summed E-state index contributed by atoms with van der Waals surface area (Å²) in [4.78, 5) is 15.1. The Kier molecular flexibility index (Phi) is 1.96. The predicted octanol–water partition coefficient (Wildman–Crippen LogP) is 1.59. The van der Waals surface area contributed by atoms with E-state index in [0.29, 0.717) is 5.65 Å². The lowest BCUT2D eigenvalue weighted by atomic mass is 10.3. The Morgan fingerprint density at radius 1 is 1.57 bits per heavy atom. The van der Waals surface area contributed by atoms with Gasteiger partial charge in [0.05, 0.1) is 0 Å². The maximum atomic E-state index is 10.9. The second-order valence-electron chi connectivity index (χ2n) is 3.01. The number of carboxylic acid groups (broad SMARTS) is 1. The number of hydrogen-bond acceptors (Lipinski definition) is 2. The lowest BCUT2D eigenvalue weighted by Crippen LogP contribution is -2.06. The smallest absolute Gasteiger partial charge is 0.352 e. The zero-order valence-electron chi connectivity index (χ0n) is 7.77. The number of aromatic carboxylic acids is 1. The van der Waals surface area contributed by atoms with E-state index in [4.69, 9.17) is 5.11 Å². The van der Waals surface area contributed by atoms with E-state index in [9.17, 15) is 4.79 Å². The van der Waals surface area contributed by atoms with Crippen molar-refractivity contribution in [2.75, 3.05) is 0 Å². The van der Waals surface area contributed by atoms with E-state index in [1.807, 2.05) is 6.92 Å². The van der Waals surface area contributed by atoms with Gasteiger partial charge in [0.15, 0.2) is 0 Å². The Balaban J connectivity index is 2.81. The summed E-state index contributed by atoms with van der Waals surface area (Å²) >= 11 is 0. The maximum absolute atomic E-state index is 10.9. The quantitative estimate of drug-likeness (QED) is 0.782. The van der Waals surface area contributed by atoms with E-state index in [2.05, 4.69) is 4.98 Å². The number of carboxylic acids is 1. The highest BCUT2D eigenvalue weighted by Gasteiger charge is 2.10. The number of rotatable bonds is 2. The van der Waals surface area contributed by atoms with Crippen LogP contribution in [0.2, 0.25) is 0 Å². The van der Waals surface area contributed by atoms with Gasteiger partial charge >= 0.3 is 5.97 Å². The van der Waals surface area contributed by atoms with Crippen LogP contribution in [0.3, 0.4) is 0 Å². The summed E-state index contributed by atoms with van der Waals surface area (Å²) < 4.78 is 1.67. The molecule has 4 heteroatoms. The first kappa shape index (κ1) is 8.74. The van der Waals surface area contributed by atoms with Gasteiger partial charge in [0.1, 0.15) is 11.3 Å². The molecule has 0 aliphatic heterocycles. The van der Waals surface area contributed by atoms with Crippen LogP contribution in [0.25, 0.3) is 5.65 Å². The van der Waals surface area contributed by atoms with Crippen LogP contribution in [0.1, 0.15) is 23.1 Å². The first-order valence-electron chi connectivity index (χ1n) is 4.42. The van der Waals surface area contributed by atoms with Gasteiger partial charge in [-0.3, -0.25) is 4.40 Å². The number of fused-ring (bicyclic) bond motifs is 1. The zero-order chi connectivity index (χ0) is 10.1. The Labute approximate surface area is 80.8 Å². The number of carbonyl (C=O) groups is 1. The molecule has 72 valence electrons. The summed E-state index contributed by atoms with van der Waals surface area (Å²) in [5.74, 6) is -0.928. The summed E-state index contributed by atoms with van der Waals surface area (Å²) in [6.07, 6.45) is 2.48. The van der Waals surface area contributed by atoms with Crippen LogP contribution in [0.4, 0.5) is 0 Å².